The van der Waals surface area contributed by atoms with E-state index in [1.54, 1.807) is 12.1 Å². The number of amides is 1. The van der Waals surface area contributed by atoms with Gasteiger partial charge in [-0.15, -0.1) is 11.3 Å². The van der Waals surface area contributed by atoms with Gasteiger partial charge >= 0.3 is 0 Å². The summed E-state index contributed by atoms with van der Waals surface area (Å²) in [6, 6.07) is 15.3. The summed E-state index contributed by atoms with van der Waals surface area (Å²) in [6.07, 6.45) is 0. The second kappa shape index (κ2) is 7.25. The summed E-state index contributed by atoms with van der Waals surface area (Å²) < 4.78 is 2.84. The van der Waals surface area contributed by atoms with Crippen molar-refractivity contribution >= 4 is 34.6 Å². The molecule has 128 valence electrons. The molecule has 3 aromatic rings. The van der Waals surface area contributed by atoms with Crippen LogP contribution in [0.3, 0.4) is 0 Å². The summed E-state index contributed by atoms with van der Waals surface area (Å²) in [6.45, 7) is 5.95. The molecule has 1 amide bonds. The quantitative estimate of drug-likeness (QED) is 0.511. The van der Waals surface area contributed by atoms with E-state index in [1.807, 2.05) is 31.2 Å². The zero-order valence-electron chi connectivity index (χ0n) is 14.2. The Morgan fingerprint density at radius 3 is 2.24 bits per heavy atom. The molecule has 0 spiro atoms. The van der Waals surface area contributed by atoms with Gasteiger partial charge in [0, 0.05) is 22.6 Å². The normalized spacial score (nSPS) is 11.6. The van der Waals surface area contributed by atoms with Crippen LogP contribution in [0, 0.1) is 13.8 Å². The second-order valence-electron chi connectivity index (χ2n) is 5.74. The van der Waals surface area contributed by atoms with Crippen LogP contribution >= 0.6 is 22.9 Å². The van der Waals surface area contributed by atoms with Gasteiger partial charge in [0.25, 0.3) is 5.91 Å². The van der Waals surface area contributed by atoms with Crippen molar-refractivity contribution in [1.82, 2.24) is 9.99 Å². The van der Waals surface area contributed by atoms with Crippen LogP contribution in [-0.4, -0.2) is 16.2 Å². The number of carbonyl (C=O) groups is 1. The molecule has 25 heavy (non-hydrogen) atoms. The third-order valence-corrected chi connectivity index (χ3v) is 5.25. The lowest BCUT2D eigenvalue weighted by Gasteiger charge is -2.10. The SMILES string of the molecule is CC(=NNC(=O)c1ccc(-n2c(C)ccc2C)cc1)c1ccc(Cl)s1. The molecule has 6 heteroatoms. The van der Waals surface area contributed by atoms with Gasteiger partial charge in [0.1, 0.15) is 0 Å². The predicted molar refractivity (Wildman–Crippen MR) is 104 cm³/mol. The Morgan fingerprint density at radius 2 is 1.68 bits per heavy atom. The summed E-state index contributed by atoms with van der Waals surface area (Å²) in [5.41, 5.74) is 7.22. The number of hydrazone groups is 1. The van der Waals surface area contributed by atoms with Crippen molar-refractivity contribution < 1.29 is 4.79 Å². The molecular weight excluding hydrogens is 354 g/mol. The highest BCUT2D eigenvalue weighted by molar-refractivity contribution is 7.18. The van der Waals surface area contributed by atoms with Crippen LogP contribution in [0.25, 0.3) is 5.69 Å². The Kier molecular flexibility index (Phi) is 5.06. The monoisotopic (exact) mass is 371 g/mol. The first-order chi connectivity index (χ1) is 12.0. The number of thiophene rings is 1. The standard InChI is InChI=1S/C19H18ClN3OS/c1-12-4-5-13(2)23(12)16-8-6-15(7-9-16)19(24)22-21-14(3)17-10-11-18(20)25-17/h4-11H,1-3H3,(H,22,24). The van der Waals surface area contributed by atoms with Crippen LogP contribution < -0.4 is 5.43 Å². The van der Waals surface area contributed by atoms with Crippen LogP contribution in [-0.2, 0) is 0 Å². The maximum atomic E-state index is 12.3. The molecule has 2 heterocycles. The third-order valence-electron chi connectivity index (χ3n) is 3.91. The van der Waals surface area contributed by atoms with Gasteiger partial charge in [0.2, 0.25) is 0 Å². The number of hydrogen-bond acceptors (Lipinski definition) is 3. The zero-order chi connectivity index (χ0) is 18.0. The number of carbonyl (C=O) groups excluding carboxylic acids is 1. The van der Waals surface area contributed by atoms with Crippen molar-refractivity contribution in [2.45, 2.75) is 20.8 Å². The molecule has 1 aromatic carbocycles. The first-order valence-corrected chi connectivity index (χ1v) is 9.01. The third kappa shape index (κ3) is 3.83. The van der Waals surface area contributed by atoms with Crippen LogP contribution in [0.4, 0.5) is 0 Å². The van der Waals surface area contributed by atoms with E-state index in [1.165, 1.54) is 11.3 Å². The van der Waals surface area contributed by atoms with Gasteiger partial charge in [-0.05, 0) is 69.3 Å². The molecule has 0 fully saturated rings. The molecule has 0 atom stereocenters. The molecule has 3 rings (SSSR count). The molecule has 0 saturated carbocycles. The highest BCUT2D eigenvalue weighted by Gasteiger charge is 2.08. The molecule has 0 saturated heterocycles. The average molecular weight is 372 g/mol. The van der Waals surface area contributed by atoms with Crippen molar-refractivity contribution in [3.05, 3.63) is 74.7 Å². The molecule has 4 nitrogen and oxygen atoms in total. The van der Waals surface area contributed by atoms with E-state index in [0.717, 1.165) is 27.7 Å². The Labute approximate surface area is 155 Å². The topological polar surface area (TPSA) is 46.4 Å². The van der Waals surface area contributed by atoms with Crippen molar-refractivity contribution in [3.63, 3.8) is 0 Å². The minimum Gasteiger partial charge on any atom is -0.319 e. The number of hydrogen-bond donors (Lipinski definition) is 1. The number of rotatable bonds is 4. The Bertz CT molecular complexity index is 918. The lowest BCUT2D eigenvalue weighted by molar-refractivity contribution is 0.0955. The molecule has 0 unspecified atom stereocenters. The summed E-state index contributed by atoms with van der Waals surface area (Å²) in [4.78, 5) is 13.2. The van der Waals surface area contributed by atoms with Crippen LogP contribution in [0.5, 0.6) is 0 Å². The van der Waals surface area contributed by atoms with Crippen LogP contribution in [0.2, 0.25) is 4.34 Å². The average Bonchev–Trinajstić information content (AvgIpc) is 3.18. The highest BCUT2D eigenvalue weighted by atomic mass is 35.5. The van der Waals surface area contributed by atoms with Gasteiger partial charge in [-0.3, -0.25) is 4.79 Å². The number of aryl methyl sites for hydroxylation is 2. The number of benzene rings is 1. The lowest BCUT2D eigenvalue weighted by Crippen LogP contribution is -2.19. The van der Waals surface area contributed by atoms with E-state index in [0.29, 0.717) is 9.90 Å². The molecule has 0 aliphatic rings. The number of nitrogens with one attached hydrogen (secondary N) is 1. The highest BCUT2D eigenvalue weighted by Crippen LogP contribution is 2.22. The van der Waals surface area contributed by atoms with Crippen molar-refractivity contribution in [2.24, 2.45) is 5.10 Å². The minimum atomic E-state index is -0.241. The van der Waals surface area contributed by atoms with E-state index in [2.05, 4.69) is 41.1 Å². The van der Waals surface area contributed by atoms with Gasteiger partial charge < -0.3 is 4.57 Å². The Morgan fingerprint density at radius 1 is 1.04 bits per heavy atom. The van der Waals surface area contributed by atoms with E-state index in [9.17, 15) is 4.79 Å². The number of halogens is 1. The smallest absolute Gasteiger partial charge is 0.271 e. The summed E-state index contributed by atoms with van der Waals surface area (Å²) in [7, 11) is 0. The second-order valence-corrected chi connectivity index (χ2v) is 7.46. The van der Waals surface area contributed by atoms with Gasteiger partial charge in [-0.25, -0.2) is 5.43 Å². The molecule has 1 N–H and O–H groups in total. The zero-order valence-corrected chi connectivity index (χ0v) is 15.8. The van der Waals surface area contributed by atoms with E-state index < -0.39 is 0 Å². The van der Waals surface area contributed by atoms with Gasteiger partial charge in [0.05, 0.1) is 14.9 Å². The Hall–Kier alpha value is -2.37. The molecule has 0 aliphatic carbocycles. The van der Waals surface area contributed by atoms with Crippen molar-refractivity contribution in [2.75, 3.05) is 0 Å². The number of aromatic nitrogens is 1. The summed E-state index contributed by atoms with van der Waals surface area (Å²) >= 11 is 7.34. The largest absolute Gasteiger partial charge is 0.319 e. The lowest BCUT2D eigenvalue weighted by atomic mass is 10.2. The first kappa shape index (κ1) is 17.5. The molecule has 0 bridgehead atoms. The van der Waals surface area contributed by atoms with Gasteiger partial charge in [0.15, 0.2) is 0 Å². The molecule has 0 aliphatic heterocycles. The predicted octanol–water partition coefficient (Wildman–Crippen LogP) is 4.96. The Balaban J connectivity index is 1.73. The fourth-order valence-electron chi connectivity index (χ4n) is 2.60. The maximum Gasteiger partial charge on any atom is 0.271 e. The minimum absolute atomic E-state index is 0.241. The summed E-state index contributed by atoms with van der Waals surface area (Å²) in [5, 5.41) is 4.15. The number of nitrogens with zero attached hydrogens (tertiary/aromatic N) is 2. The van der Waals surface area contributed by atoms with Crippen molar-refractivity contribution in [3.8, 4) is 5.69 Å². The van der Waals surface area contributed by atoms with Gasteiger partial charge in [-0.1, -0.05) is 11.6 Å². The van der Waals surface area contributed by atoms with Crippen LogP contribution in [0.15, 0.2) is 53.6 Å². The first-order valence-electron chi connectivity index (χ1n) is 7.81. The molecule has 2 aromatic heterocycles. The van der Waals surface area contributed by atoms with Crippen LogP contribution in [0.1, 0.15) is 33.5 Å². The van der Waals surface area contributed by atoms with Gasteiger partial charge in [-0.2, -0.15) is 5.10 Å². The fraction of sp³-hybridized carbons (Fsp3) is 0.158. The van der Waals surface area contributed by atoms with Crippen molar-refractivity contribution in [1.29, 1.82) is 0 Å². The fourth-order valence-corrected chi connectivity index (χ4v) is 3.59. The molecule has 0 radical (unpaired) electrons. The summed E-state index contributed by atoms with van der Waals surface area (Å²) in [5.74, 6) is -0.241. The van der Waals surface area contributed by atoms with E-state index in [-0.39, 0.29) is 5.91 Å². The van der Waals surface area contributed by atoms with E-state index in [4.69, 9.17) is 11.6 Å². The molecular formula is C19H18ClN3OS. The van der Waals surface area contributed by atoms with E-state index >= 15 is 0 Å². The maximum absolute atomic E-state index is 12.3.